The Morgan fingerprint density at radius 1 is 1.40 bits per heavy atom. The predicted molar refractivity (Wildman–Crippen MR) is 65.4 cm³/mol. The number of sulfone groups is 1. The van der Waals surface area contributed by atoms with Crippen molar-refractivity contribution >= 4 is 42.9 Å². The fraction of sp³-hybridized carbons (Fsp3) is 0.200. The summed E-state index contributed by atoms with van der Waals surface area (Å²) in [6, 6.07) is 7.49. The van der Waals surface area contributed by atoms with E-state index in [1.54, 1.807) is 0 Å². The molecular formula is C10H9ClO2S2. The van der Waals surface area contributed by atoms with Crippen LogP contribution in [-0.4, -0.2) is 14.7 Å². The quantitative estimate of drug-likeness (QED) is 0.832. The number of rotatable bonds is 2. The van der Waals surface area contributed by atoms with Crippen LogP contribution in [0.1, 0.15) is 4.88 Å². The van der Waals surface area contributed by atoms with E-state index in [1.165, 1.54) is 17.6 Å². The second-order valence-corrected chi connectivity index (χ2v) is 7.13. The Labute approximate surface area is 97.4 Å². The lowest BCUT2D eigenvalue weighted by molar-refractivity contribution is 0.601. The molecule has 0 radical (unpaired) electrons. The van der Waals surface area contributed by atoms with Crippen molar-refractivity contribution in [3.8, 4) is 0 Å². The van der Waals surface area contributed by atoms with Gasteiger partial charge in [-0.2, -0.15) is 0 Å². The van der Waals surface area contributed by atoms with Crippen LogP contribution in [0, 0.1) is 0 Å². The van der Waals surface area contributed by atoms with Gasteiger partial charge in [0, 0.05) is 11.1 Å². The fourth-order valence-electron chi connectivity index (χ4n) is 1.41. The third-order valence-electron chi connectivity index (χ3n) is 1.95. The highest BCUT2D eigenvalue weighted by Crippen LogP contribution is 2.32. The molecule has 0 saturated heterocycles. The molecule has 0 spiro atoms. The number of thiophene rings is 1. The van der Waals surface area contributed by atoms with Gasteiger partial charge in [-0.05, 0) is 17.5 Å². The molecule has 0 saturated carbocycles. The summed E-state index contributed by atoms with van der Waals surface area (Å²) in [5, 5.41) is 1.68. The van der Waals surface area contributed by atoms with Crippen LogP contribution in [0.5, 0.6) is 0 Å². The molecule has 1 heterocycles. The molecule has 2 rings (SSSR count). The molecule has 80 valence electrons. The molecule has 0 fully saturated rings. The molecule has 0 N–H and O–H groups in total. The summed E-state index contributed by atoms with van der Waals surface area (Å²) in [6.45, 7) is 0. The second-order valence-electron chi connectivity index (χ2n) is 3.44. The zero-order valence-corrected chi connectivity index (χ0v) is 10.4. The minimum atomic E-state index is -2.97. The number of halogens is 1. The number of hydrogen-bond acceptors (Lipinski definition) is 3. The molecule has 2 aromatic rings. The summed E-state index contributed by atoms with van der Waals surface area (Å²) in [5.74, 6) is 0.0860. The molecule has 5 heteroatoms. The van der Waals surface area contributed by atoms with Crippen molar-refractivity contribution in [2.75, 3.05) is 6.26 Å². The fourth-order valence-corrected chi connectivity index (χ4v) is 4.04. The minimum absolute atomic E-state index is 0.0860. The van der Waals surface area contributed by atoms with Crippen LogP contribution in [0.3, 0.4) is 0 Å². The average molecular weight is 261 g/mol. The van der Waals surface area contributed by atoms with Crippen LogP contribution in [0.2, 0.25) is 5.02 Å². The van der Waals surface area contributed by atoms with Crippen molar-refractivity contribution in [2.45, 2.75) is 5.75 Å². The van der Waals surface area contributed by atoms with Crippen molar-refractivity contribution in [1.82, 2.24) is 0 Å². The molecule has 0 aliphatic rings. The second kappa shape index (κ2) is 3.77. The van der Waals surface area contributed by atoms with Crippen molar-refractivity contribution in [3.63, 3.8) is 0 Å². The van der Waals surface area contributed by atoms with Gasteiger partial charge in [-0.15, -0.1) is 11.3 Å². The van der Waals surface area contributed by atoms with Crippen molar-refractivity contribution < 1.29 is 8.42 Å². The number of fused-ring (bicyclic) bond motifs is 1. The van der Waals surface area contributed by atoms with Gasteiger partial charge in [-0.1, -0.05) is 23.7 Å². The van der Waals surface area contributed by atoms with Crippen molar-refractivity contribution in [1.29, 1.82) is 0 Å². The van der Waals surface area contributed by atoms with Gasteiger partial charge in [-0.3, -0.25) is 0 Å². The van der Waals surface area contributed by atoms with Crippen LogP contribution in [0.4, 0.5) is 0 Å². The molecule has 0 atom stereocenters. The molecule has 2 nitrogen and oxygen atoms in total. The van der Waals surface area contributed by atoms with Crippen LogP contribution in [-0.2, 0) is 15.6 Å². The van der Waals surface area contributed by atoms with Crippen molar-refractivity contribution in [3.05, 3.63) is 34.2 Å². The first kappa shape index (κ1) is 10.9. The summed E-state index contributed by atoms with van der Waals surface area (Å²) in [5.41, 5.74) is 0. The SMILES string of the molecule is CS(=O)(=O)Cc1cc2cccc(Cl)c2s1. The standard InChI is InChI=1S/C10H9ClO2S2/c1-15(12,13)6-8-5-7-3-2-4-9(11)10(7)14-8/h2-5H,6H2,1H3. The highest BCUT2D eigenvalue weighted by molar-refractivity contribution is 7.90. The third kappa shape index (κ3) is 2.51. The summed E-state index contributed by atoms with van der Waals surface area (Å²) in [7, 11) is -2.97. The Balaban J connectivity index is 2.53. The first-order valence-electron chi connectivity index (χ1n) is 4.30. The maximum atomic E-state index is 11.1. The first-order chi connectivity index (χ1) is 6.96. The van der Waals surface area contributed by atoms with Gasteiger partial charge in [0.1, 0.15) is 0 Å². The van der Waals surface area contributed by atoms with Gasteiger partial charge in [0.15, 0.2) is 9.84 Å². The first-order valence-corrected chi connectivity index (χ1v) is 7.56. The van der Waals surface area contributed by atoms with Crippen LogP contribution in [0.15, 0.2) is 24.3 Å². The van der Waals surface area contributed by atoms with Gasteiger partial charge in [0.05, 0.1) is 15.5 Å². The van der Waals surface area contributed by atoms with E-state index >= 15 is 0 Å². The smallest absolute Gasteiger partial charge is 0.152 e. The highest BCUT2D eigenvalue weighted by atomic mass is 35.5. The largest absolute Gasteiger partial charge is 0.229 e. The monoisotopic (exact) mass is 260 g/mol. The summed E-state index contributed by atoms with van der Waals surface area (Å²) >= 11 is 7.44. The highest BCUT2D eigenvalue weighted by Gasteiger charge is 2.09. The molecule has 0 amide bonds. The van der Waals surface area contributed by atoms with E-state index in [-0.39, 0.29) is 5.75 Å². The lowest BCUT2D eigenvalue weighted by Gasteiger charge is -1.91. The van der Waals surface area contributed by atoms with Gasteiger partial charge in [-0.25, -0.2) is 8.42 Å². The minimum Gasteiger partial charge on any atom is -0.229 e. The number of benzene rings is 1. The summed E-state index contributed by atoms with van der Waals surface area (Å²) in [6.07, 6.45) is 1.24. The summed E-state index contributed by atoms with van der Waals surface area (Å²) < 4.78 is 23.2. The maximum Gasteiger partial charge on any atom is 0.152 e. The maximum absolute atomic E-state index is 11.1. The molecule has 0 unspecified atom stereocenters. The lowest BCUT2D eigenvalue weighted by Crippen LogP contribution is -1.98. The van der Waals surface area contributed by atoms with E-state index < -0.39 is 9.84 Å². The van der Waals surface area contributed by atoms with Crippen LogP contribution in [0.25, 0.3) is 10.1 Å². The Kier molecular flexibility index (Phi) is 2.75. The van der Waals surface area contributed by atoms with E-state index in [4.69, 9.17) is 11.6 Å². The van der Waals surface area contributed by atoms with Gasteiger partial charge in [0.25, 0.3) is 0 Å². The van der Waals surface area contributed by atoms with Crippen molar-refractivity contribution in [2.24, 2.45) is 0 Å². The van der Waals surface area contributed by atoms with Gasteiger partial charge in [0.2, 0.25) is 0 Å². The molecule has 15 heavy (non-hydrogen) atoms. The van der Waals surface area contributed by atoms with E-state index in [2.05, 4.69) is 0 Å². The zero-order valence-electron chi connectivity index (χ0n) is 8.03. The summed E-state index contributed by atoms with van der Waals surface area (Å²) in [4.78, 5) is 0.834. The Morgan fingerprint density at radius 3 is 2.73 bits per heavy atom. The normalized spacial score (nSPS) is 12.1. The van der Waals surface area contributed by atoms with Crippen LogP contribution < -0.4 is 0 Å². The Bertz CT molecular complexity index is 599. The number of hydrogen-bond donors (Lipinski definition) is 0. The van der Waals surface area contributed by atoms with E-state index in [1.807, 2.05) is 24.3 Å². The van der Waals surface area contributed by atoms with E-state index in [0.29, 0.717) is 5.02 Å². The lowest BCUT2D eigenvalue weighted by atomic mass is 10.2. The predicted octanol–water partition coefficient (Wildman–Crippen LogP) is 3.10. The van der Waals surface area contributed by atoms with E-state index in [9.17, 15) is 8.42 Å². The molecule has 1 aromatic heterocycles. The zero-order chi connectivity index (χ0) is 11.1. The Morgan fingerprint density at radius 2 is 2.13 bits per heavy atom. The molecule has 0 aliphatic heterocycles. The van der Waals surface area contributed by atoms with Gasteiger partial charge < -0.3 is 0 Å². The molecule has 1 aromatic carbocycles. The molecular weight excluding hydrogens is 252 g/mol. The van der Waals surface area contributed by atoms with E-state index in [0.717, 1.165) is 15.0 Å². The van der Waals surface area contributed by atoms with Gasteiger partial charge >= 0.3 is 0 Å². The Hall–Kier alpha value is -0.580. The van der Waals surface area contributed by atoms with Crippen LogP contribution >= 0.6 is 22.9 Å². The average Bonchev–Trinajstić information content (AvgIpc) is 2.45. The molecule has 0 aliphatic carbocycles. The topological polar surface area (TPSA) is 34.1 Å². The third-order valence-corrected chi connectivity index (χ3v) is 4.58. The molecule has 0 bridgehead atoms.